The maximum atomic E-state index is 13.2. The lowest BCUT2D eigenvalue weighted by molar-refractivity contribution is 0.390. The van der Waals surface area contributed by atoms with E-state index < -0.39 is 10.0 Å². The molecule has 1 aliphatic rings. The van der Waals surface area contributed by atoms with Crippen LogP contribution in [0.1, 0.15) is 30.0 Å². The SMILES string of the molecule is COc1cccc(C2CCCN2S(=O)(=O)c2ccc(Cl)cc2C)c1. The van der Waals surface area contributed by atoms with E-state index in [1.807, 2.05) is 24.3 Å². The Hall–Kier alpha value is -1.56. The zero-order valence-electron chi connectivity index (χ0n) is 13.7. The fraction of sp³-hybridized carbons (Fsp3) is 0.333. The third-order valence-corrected chi connectivity index (χ3v) is 6.71. The Morgan fingerprint density at radius 1 is 1.21 bits per heavy atom. The van der Waals surface area contributed by atoms with Crippen LogP contribution in [0.25, 0.3) is 0 Å². The predicted octanol–water partition coefficient (Wildman–Crippen LogP) is 4.18. The summed E-state index contributed by atoms with van der Waals surface area (Å²) in [5, 5.41) is 0.539. The van der Waals surface area contributed by atoms with Crippen LogP contribution < -0.4 is 4.74 Å². The molecule has 1 atom stereocenters. The van der Waals surface area contributed by atoms with Crippen molar-refractivity contribution in [2.45, 2.75) is 30.7 Å². The second kappa shape index (κ2) is 6.75. The van der Waals surface area contributed by atoms with Gasteiger partial charge in [0, 0.05) is 11.6 Å². The van der Waals surface area contributed by atoms with Crippen molar-refractivity contribution in [3.05, 3.63) is 58.6 Å². The molecule has 1 unspecified atom stereocenters. The Kier molecular flexibility index (Phi) is 4.85. The summed E-state index contributed by atoms with van der Waals surface area (Å²) in [6.07, 6.45) is 1.65. The molecule has 0 amide bonds. The number of aryl methyl sites for hydroxylation is 1. The largest absolute Gasteiger partial charge is 0.497 e. The molecular formula is C18H20ClNO3S. The summed E-state index contributed by atoms with van der Waals surface area (Å²) in [6, 6.07) is 12.4. The van der Waals surface area contributed by atoms with Crippen molar-refractivity contribution >= 4 is 21.6 Å². The normalized spacial score (nSPS) is 18.7. The molecule has 0 aromatic heterocycles. The minimum atomic E-state index is -3.57. The highest BCUT2D eigenvalue weighted by Crippen LogP contribution is 2.38. The van der Waals surface area contributed by atoms with Gasteiger partial charge in [0.1, 0.15) is 5.75 Å². The second-order valence-corrected chi connectivity index (χ2v) is 8.26. The van der Waals surface area contributed by atoms with Crippen LogP contribution >= 0.6 is 11.6 Å². The number of benzene rings is 2. The summed E-state index contributed by atoms with van der Waals surface area (Å²) in [5.41, 5.74) is 1.63. The van der Waals surface area contributed by atoms with E-state index >= 15 is 0 Å². The minimum absolute atomic E-state index is 0.167. The van der Waals surface area contributed by atoms with Crippen LogP contribution in [0.4, 0.5) is 0 Å². The molecule has 1 aliphatic heterocycles. The summed E-state index contributed by atoms with van der Waals surface area (Å²) in [5.74, 6) is 0.736. The second-order valence-electron chi connectivity index (χ2n) is 5.96. The van der Waals surface area contributed by atoms with Gasteiger partial charge in [-0.2, -0.15) is 4.31 Å². The molecule has 1 fully saturated rings. The Bertz CT molecular complexity index is 851. The predicted molar refractivity (Wildman–Crippen MR) is 95.0 cm³/mol. The van der Waals surface area contributed by atoms with Crippen molar-refractivity contribution in [3.63, 3.8) is 0 Å². The molecule has 0 N–H and O–H groups in total. The van der Waals surface area contributed by atoms with Gasteiger partial charge in [-0.3, -0.25) is 0 Å². The Morgan fingerprint density at radius 2 is 2.00 bits per heavy atom. The first-order valence-corrected chi connectivity index (χ1v) is 9.67. The first-order valence-electron chi connectivity index (χ1n) is 7.85. The van der Waals surface area contributed by atoms with Gasteiger partial charge in [-0.05, 0) is 61.2 Å². The van der Waals surface area contributed by atoms with Crippen molar-refractivity contribution in [2.24, 2.45) is 0 Å². The highest BCUT2D eigenvalue weighted by atomic mass is 35.5. The standard InChI is InChI=1S/C18H20ClNO3S/c1-13-11-15(19)8-9-18(13)24(21,22)20-10-4-7-17(20)14-5-3-6-16(12-14)23-2/h3,5-6,8-9,11-12,17H,4,7,10H2,1-2H3. The van der Waals surface area contributed by atoms with Gasteiger partial charge < -0.3 is 4.74 Å². The number of halogens is 1. The van der Waals surface area contributed by atoms with Crippen LogP contribution in [-0.2, 0) is 10.0 Å². The monoisotopic (exact) mass is 365 g/mol. The summed E-state index contributed by atoms with van der Waals surface area (Å²) in [7, 11) is -1.96. The third-order valence-electron chi connectivity index (χ3n) is 4.41. The molecule has 0 aliphatic carbocycles. The molecule has 2 aromatic carbocycles. The highest BCUT2D eigenvalue weighted by molar-refractivity contribution is 7.89. The van der Waals surface area contributed by atoms with E-state index in [0.717, 1.165) is 24.2 Å². The van der Waals surface area contributed by atoms with E-state index in [1.54, 1.807) is 36.5 Å². The van der Waals surface area contributed by atoms with Gasteiger partial charge in [0.15, 0.2) is 0 Å². The average molecular weight is 366 g/mol. The number of hydrogen-bond acceptors (Lipinski definition) is 3. The number of hydrogen-bond donors (Lipinski definition) is 0. The lowest BCUT2D eigenvalue weighted by Gasteiger charge is -2.25. The molecule has 1 heterocycles. The van der Waals surface area contributed by atoms with Crippen LogP contribution in [0.2, 0.25) is 5.02 Å². The topological polar surface area (TPSA) is 46.6 Å². The van der Waals surface area contributed by atoms with E-state index in [-0.39, 0.29) is 6.04 Å². The summed E-state index contributed by atoms with van der Waals surface area (Å²) in [6.45, 7) is 2.29. The maximum absolute atomic E-state index is 13.2. The average Bonchev–Trinajstić information content (AvgIpc) is 3.05. The first kappa shape index (κ1) is 17.3. The van der Waals surface area contributed by atoms with Gasteiger partial charge in [-0.15, -0.1) is 0 Å². The van der Waals surface area contributed by atoms with Crippen LogP contribution in [0, 0.1) is 6.92 Å². The van der Waals surface area contributed by atoms with Crippen LogP contribution in [-0.4, -0.2) is 26.4 Å². The highest BCUT2D eigenvalue weighted by Gasteiger charge is 2.36. The van der Waals surface area contributed by atoms with Gasteiger partial charge >= 0.3 is 0 Å². The quantitative estimate of drug-likeness (QED) is 0.816. The van der Waals surface area contributed by atoms with Crippen molar-refractivity contribution in [1.29, 1.82) is 0 Å². The number of ether oxygens (including phenoxy) is 1. The lowest BCUT2D eigenvalue weighted by Crippen LogP contribution is -2.31. The molecular weight excluding hydrogens is 346 g/mol. The molecule has 2 aromatic rings. The van der Waals surface area contributed by atoms with E-state index in [9.17, 15) is 8.42 Å². The zero-order chi connectivity index (χ0) is 17.3. The summed E-state index contributed by atoms with van der Waals surface area (Å²) >= 11 is 5.96. The van der Waals surface area contributed by atoms with Gasteiger partial charge in [0.25, 0.3) is 0 Å². The molecule has 24 heavy (non-hydrogen) atoms. The van der Waals surface area contributed by atoms with Gasteiger partial charge in [0.05, 0.1) is 18.0 Å². The van der Waals surface area contributed by atoms with E-state index in [2.05, 4.69) is 0 Å². The van der Waals surface area contributed by atoms with E-state index in [1.165, 1.54) is 0 Å². The van der Waals surface area contributed by atoms with Crippen molar-refractivity contribution in [2.75, 3.05) is 13.7 Å². The summed E-state index contributed by atoms with van der Waals surface area (Å²) < 4.78 is 33.2. The molecule has 3 rings (SSSR count). The smallest absolute Gasteiger partial charge is 0.243 e. The van der Waals surface area contributed by atoms with Crippen molar-refractivity contribution in [1.82, 2.24) is 4.31 Å². The third kappa shape index (κ3) is 3.16. The van der Waals surface area contributed by atoms with Crippen LogP contribution in [0.5, 0.6) is 5.75 Å². The molecule has 0 bridgehead atoms. The molecule has 128 valence electrons. The number of sulfonamides is 1. The first-order chi connectivity index (χ1) is 11.4. The molecule has 4 nitrogen and oxygen atoms in total. The Balaban J connectivity index is 2.00. The molecule has 0 radical (unpaired) electrons. The van der Waals surface area contributed by atoms with Gasteiger partial charge in [-0.25, -0.2) is 8.42 Å². The van der Waals surface area contributed by atoms with Crippen LogP contribution in [0.3, 0.4) is 0 Å². The molecule has 0 spiro atoms. The number of rotatable bonds is 4. The molecule has 1 saturated heterocycles. The van der Waals surface area contributed by atoms with Crippen molar-refractivity contribution in [3.8, 4) is 5.75 Å². The van der Waals surface area contributed by atoms with E-state index in [4.69, 9.17) is 16.3 Å². The Morgan fingerprint density at radius 3 is 2.71 bits per heavy atom. The van der Waals surface area contributed by atoms with Crippen molar-refractivity contribution < 1.29 is 13.2 Å². The number of methoxy groups -OCH3 is 1. The Labute approximate surface area is 148 Å². The van der Waals surface area contributed by atoms with E-state index in [0.29, 0.717) is 22.0 Å². The molecule has 6 heteroatoms. The zero-order valence-corrected chi connectivity index (χ0v) is 15.3. The lowest BCUT2D eigenvalue weighted by atomic mass is 10.1. The minimum Gasteiger partial charge on any atom is -0.497 e. The summed E-state index contributed by atoms with van der Waals surface area (Å²) in [4.78, 5) is 0.321. The van der Waals surface area contributed by atoms with Crippen LogP contribution in [0.15, 0.2) is 47.4 Å². The van der Waals surface area contributed by atoms with Gasteiger partial charge in [0.2, 0.25) is 10.0 Å². The fourth-order valence-corrected chi connectivity index (χ4v) is 5.36. The number of nitrogens with zero attached hydrogens (tertiary/aromatic N) is 1. The van der Waals surface area contributed by atoms with Gasteiger partial charge in [-0.1, -0.05) is 23.7 Å². The maximum Gasteiger partial charge on any atom is 0.243 e. The molecule has 0 saturated carbocycles. The fourth-order valence-electron chi connectivity index (χ4n) is 3.24.